The van der Waals surface area contributed by atoms with Gasteiger partial charge < -0.3 is 11.1 Å². The van der Waals surface area contributed by atoms with Crippen LogP contribution in [0.2, 0.25) is 0 Å². The molecule has 1 saturated carbocycles. The fourth-order valence-corrected chi connectivity index (χ4v) is 3.85. The van der Waals surface area contributed by atoms with Gasteiger partial charge in [-0.15, -0.1) is 23.7 Å². The molecule has 0 radical (unpaired) electrons. The molecule has 130 valence electrons. The first-order chi connectivity index (χ1) is 11.6. The van der Waals surface area contributed by atoms with Gasteiger partial charge in [0.05, 0.1) is 15.2 Å². The van der Waals surface area contributed by atoms with Crippen molar-refractivity contribution in [2.75, 3.05) is 5.32 Å². The van der Waals surface area contributed by atoms with E-state index in [1.807, 2.05) is 49.4 Å². The summed E-state index contributed by atoms with van der Waals surface area (Å²) in [5.74, 6) is 0.445. The van der Waals surface area contributed by atoms with Crippen LogP contribution in [0.4, 0.5) is 5.69 Å². The zero-order valence-corrected chi connectivity index (χ0v) is 15.5. The number of nitrogens with zero attached hydrogens (tertiary/aromatic N) is 1. The molecule has 4 nitrogen and oxygen atoms in total. The Labute approximate surface area is 156 Å². The largest absolute Gasteiger partial charge is 0.324 e. The normalized spacial score (nSPS) is 14.8. The predicted molar refractivity (Wildman–Crippen MR) is 106 cm³/mol. The number of amides is 1. The summed E-state index contributed by atoms with van der Waals surface area (Å²) in [6, 6.07) is 12.9. The van der Waals surface area contributed by atoms with Crippen molar-refractivity contribution in [3.63, 3.8) is 0 Å². The van der Waals surface area contributed by atoms with Gasteiger partial charge >= 0.3 is 0 Å². The summed E-state index contributed by atoms with van der Waals surface area (Å²) in [7, 11) is 0. The number of carbonyl (C=O) groups excluding carboxylic acids is 1. The topological polar surface area (TPSA) is 68.0 Å². The minimum Gasteiger partial charge on any atom is -0.324 e. The first-order valence-corrected chi connectivity index (χ1v) is 8.95. The molecule has 3 aromatic rings. The van der Waals surface area contributed by atoms with E-state index in [1.165, 1.54) is 17.8 Å². The van der Waals surface area contributed by atoms with Crippen LogP contribution >= 0.6 is 23.7 Å². The minimum absolute atomic E-state index is 0. The maximum Gasteiger partial charge on any atom is 0.245 e. The second-order valence-corrected chi connectivity index (χ2v) is 7.45. The summed E-state index contributed by atoms with van der Waals surface area (Å²) < 4.78 is 1.11. The summed E-state index contributed by atoms with van der Waals surface area (Å²) in [5.41, 5.74) is 9.81. The second-order valence-electron chi connectivity index (χ2n) is 6.39. The van der Waals surface area contributed by atoms with Gasteiger partial charge in [0.25, 0.3) is 0 Å². The highest BCUT2D eigenvalue weighted by molar-refractivity contribution is 7.18. The number of carbonyl (C=O) groups is 1. The maximum absolute atomic E-state index is 12.4. The molecule has 3 N–H and O–H groups in total. The molecule has 1 fully saturated rings. The van der Waals surface area contributed by atoms with E-state index in [1.54, 1.807) is 11.3 Å². The van der Waals surface area contributed by atoms with Gasteiger partial charge in [-0.05, 0) is 43.5 Å². The number of aromatic nitrogens is 1. The number of nitrogens with one attached hydrogen (secondary N) is 1. The number of thiazole rings is 1. The lowest BCUT2D eigenvalue weighted by molar-refractivity contribution is -0.117. The third-order valence-corrected chi connectivity index (χ3v) is 5.50. The smallest absolute Gasteiger partial charge is 0.245 e. The molecule has 0 saturated heterocycles. The number of nitrogens with two attached hydrogens (primary N) is 1. The Morgan fingerprint density at radius 1 is 1.24 bits per heavy atom. The Kier molecular flexibility index (Phi) is 5.08. The number of fused-ring (bicyclic) bond motifs is 1. The molecule has 4 rings (SSSR count). The van der Waals surface area contributed by atoms with E-state index in [0.717, 1.165) is 27.0 Å². The van der Waals surface area contributed by atoms with Crippen LogP contribution < -0.4 is 11.1 Å². The van der Waals surface area contributed by atoms with Crippen molar-refractivity contribution < 1.29 is 4.79 Å². The zero-order chi connectivity index (χ0) is 16.7. The van der Waals surface area contributed by atoms with Crippen molar-refractivity contribution in [1.82, 2.24) is 4.98 Å². The molecular formula is C19H20ClN3OS. The van der Waals surface area contributed by atoms with Crippen LogP contribution in [0.3, 0.4) is 0 Å². The summed E-state index contributed by atoms with van der Waals surface area (Å²) in [4.78, 5) is 17.1. The van der Waals surface area contributed by atoms with Gasteiger partial charge in [0.15, 0.2) is 0 Å². The molecule has 25 heavy (non-hydrogen) atoms. The maximum atomic E-state index is 12.4. The molecule has 1 aliphatic carbocycles. The number of hydrogen-bond acceptors (Lipinski definition) is 4. The minimum atomic E-state index is -0.676. The van der Waals surface area contributed by atoms with E-state index in [0.29, 0.717) is 5.92 Å². The van der Waals surface area contributed by atoms with Crippen molar-refractivity contribution in [3.8, 4) is 0 Å². The van der Waals surface area contributed by atoms with Gasteiger partial charge in [-0.2, -0.15) is 0 Å². The van der Waals surface area contributed by atoms with Crippen LogP contribution in [0.15, 0.2) is 42.5 Å². The third kappa shape index (κ3) is 3.84. The molecule has 1 aromatic heterocycles. The predicted octanol–water partition coefficient (Wildman–Crippen LogP) is 4.54. The fourth-order valence-electron chi connectivity index (χ4n) is 2.67. The van der Waals surface area contributed by atoms with Crippen molar-refractivity contribution in [2.24, 2.45) is 5.73 Å². The second kappa shape index (κ2) is 7.12. The van der Waals surface area contributed by atoms with Gasteiger partial charge in [0.1, 0.15) is 6.04 Å². The average Bonchev–Trinajstić information content (AvgIpc) is 3.34. The molecule has 1 amide bonds. The summed E-state index contributed by atoms with van der Waals surface area (Å²) in [6.07, 6.45) is 2.49. The number of anilines is 1. The summed E-state index contributed by atoms with van der Waals surface area (Å²) >= 11 is 1.72. The first kappa shape index (κ1) is 17.9. The van der Waals surface area contributed by atoms with Gasteiger partial charge in [-0.1, -0.05) is 29.8 Å². The Morgan fingerprint density at radius 2 is 1.96 bits per heavy atom. The first-order valence-electron chi connectivity index (χ1n) is 8.13. The molecule has 1 atom stereocenters. The third-order valence-electron chi connectivity index (χ3n) is 4.32. The summed E-state index contributed by atoms with van der Waals surface area (Å²) in [6.45, 7) is 2.01. The Bertz CT molecular complexity index is 903. The standard InChI is InChI=1S/C19H19N3OS.ClH/c1-11-2-4-12(5-3-11)17(20)18(23)21-14-8-9-15-16(10-14)24-19(22-15)13-6-7-13;/h2-5,8-10,13,17H,6-7,20H2,1H3,(H,21,23);1H. The van der Waals surface area contributed by atoms with E-state index in [9.17, 15) is 4.79 Å². The van der Waals surface area contributed by atoms with Crippen LogP contribution in [-0.2, 0) is 4.79 Å². The zero-order valence-electron chi connectivity index (χ0n) is 13.9. The van der Waals surface area contributed by atoms with Crippen molar-refractivity contribution in [2.45, 2.75) is 31.7 Å². The molecule has 1 heterocycles. The van der Waals surface area contributed by atoms with Crippen LogP contribution in [0, 0.1) is 6.92 Å². The fraction of sp³-hybridized carbons (Fsp3) is 0.263. The number of rotatable bonds is 4. The van der Waals surface area contributed by atoms with Crippen molar-refractivity contribution in [3.05, 3.63) is 58.6 Å². The Morgan fingerprint density at radius 3 is 2.64 bits per heavy atom. The highest BCUT2D eigenvalue weighted by atomic mass is 35.5. The molecule has 2 aromatic carbocycles. The number of halogens is 1. The average molecular weight is 374 g/mol. The van der Waals surface area contributed by atoms with Gasteiger partial charge in [-0.3, -0.25) is 4.79 Å². The van der Waals surface area contributed by atoms with Crippen LogP contribution in [0.1, 0.15) is 40.9 Å². The monoisotopic (exact) mass is 373 g/mol. The highest BCUT2D eigenvalue weighted by Gasteiger charge is 2.27. The molecule has 1 aliphatic rings. The quantitative estimate of drug-likeness (QED) is 0.705. The molecule has 6 heteroatoms. The Balaban J connectivity index is 0.00000182. The highest BCUT2D eigenvalue weighted by Crippen LogP contribution is 2.43. The summed E-state index contributed by atoms with van der Waals surface area (Å²) in [5, 5.41) is 4.13. The lowest BCUT2D eigenvalue weighted by Crippen LogP contribution is -2.27. The molecular weight excluding hydrogens is 354 g/mol. The molecule has 0 aliphatic heterocycles. The van der Waals surface area contributed by atoms with Gasteiger partial charge in [0, 0.05) is 11.6 Å². The van der Waals surface area contributed by atoms with Crippen LogP contribution in [0.25, 0.3) is 10.2 Å². The lowest BCUT2D eigenvalue weighted by atomic mass is 10.1. The molecule has 0 bridgehead atoms. The molecule has 0 spiro atoms. The van der Waals surface area contributed by atoms with Crippen molar-refractivity contribution in [1.29, 1.82) is 0 Å². The van der Waals surface area contributed by atoms with Gasteiger partial charge in [-0.25, -0.2) is 4.98 Å². The number of hydrogen-bond donors (Lipinski definition) is 2. The van der Waals surface area contributed by atoms with E-state index < -0.39 is 6.04 Å². The molecule has 1 unspecified atom stereocenters. The number of benzene rings is 2. The van der Waals surface area contributed by atoms with E-state index in [4.69, 9.17) is 5.73 Å². The van der Waals surface area contributed by atoms with Crippen molar-refractivity contribution >= 4 is 45.6 Å². The lowest BCUT2D eigenvalue weighted by Gasteiger charge is -2.13. The van der Waals surface area contributed by atoms with E-state index in [-0.39, 0.29) is 18.3 Å². The van der Waals surface area contributed by atoms with E-state index >= 15 is 0 Å². The SMILES string of the molecule is Cc1ccc(C(N)C(=O)Nc2ccc3nc(C4CC4)sc3c2)cc1.Cl. The Hall–Kier alpha value is -1.95. The van der Waals surface area contributed by atoms with Crippen LogP contribution in [0.5, 0.6) is 0 Å². The van der Waals surface area contributed by atoms with Crippen LogP contribution in [-0.4, -0.2) is 10.9 Å². The number of aryl methyl sites for hydroxylation is 1. The van der Waals surface area contributed by atoms with Gasteiger partial charge in [0.2, 0.25) is 5.91 Å². The van der Waals surface area contributed by atoms with E-state index in [2.05, 4.69) is 10.3 Å².